The van der Waals surface area contributed by atoms with Crippen molar-refractivity contribution in [2.75, 3.05) is 38.7 Å². The first-order valence-electron chi connectivity index (χ1n) is 5.62. The molecular weight excluding hydrogens is 218 g/mol. The van der Waals surface area contributed by atoms with E-state index in [0.29, 0.717) is 11.4 Å². The number of amides is 1. The van der Waals surface area contributed by atoms with Gasteiger partial charge in [0, 0.05) is 32.4 Å². The fraction of sp³-hybridized carbons (Fsp3) is 0.455. The highest BCUT2D eigenvalue weighted by Gasteiger charge is 2.16. The quantitative estimate of drug-likeness (QED) is 0.756. The van der Waals surface area contributed by atoms with Gasteiger partial charge in [0.05, 0.1) is 5.56 Å². The molecule has 1 aromatic rings. The molecule has 92 valence electrons. The van der Waals surface area contributed by atoms with Crippen molar-refractivity contribution < 1.29 is 4.79 Å². The first-order valence-corrected chi connectivity index (χ1v) is 5.62. The van der Waals surface area contributed by atoms with Crippen molar-refractivity contribution in [1.29, 1.82) is 0 Å². The fourth-order valence-electron chi connectivity index (χ4n) is 1.76. The Bertz CT molecular complexity index is 401. The van der Waals surface area contributed by atoms with E-state index in [0.717, 1.165) is 26.2 Å². The maximum absolute atomic E-state index is 11.2. The third-order valence-corrected chi connectivity index (χ3v) is 2.84. The second-order valence-corrected chi connectivity index (χ2v) is 4.17. The summed E-state index contributed by atoms with van der Waals surface area (Å²) < 4.78 is 0. The highest BCUT2D eigenvalue weighted by molar-refractivity contribution is 5.97. The van der Waals surface area contributed by atoms with E-state index in [1.54, 1.807) is 18.3 Å². The lowest BCUT2D eigenvalue weighted by Crippen LogP contribution is -2.47. The molecule has 0 radical (unpaired) electrons. The summed E-state index contributed by atoms with van der Waals surface area (Å²) in [5.74, 6) is 0.0688. The number of likely N-dealkylation sites (N-methyl/N-ethyl adjacent to an activating group) is 1. The van der Waals surface area contributed by atoms with Gasteiger partial charge in [-0.05, 0) is 19.2 Å². The van der Waals surface area contributed by atoms with Crippen LogP contribution in [-0.4, -0.2) is 54.0 Å². The van der Waals surface area contributed by atoms with Crippen LogP contribution in [-0.2, 0) is 0 Å². The number of hydrogen-bond donors (Lipinski definition) is 2. The summed E-state index contributed by atoms with van der Waals surface area (Å²) in [6.07, 6.45) is 1.64. The van der Waals surface area contributed by atoms with Gasteiger partial charge in [0.25, 0.3) is 5.91 Å². The molecule has 1 aliphatic heterocycles. The van der Waals surface area contributed by atoms with Gasteiger partial charge in [-0.3, -0.25) is 4.79 Å². The molecule has 0 saturated carbocycles. The maximum atomic E-state index is 11.2. The Kier molecular flexibility index (Phi) is 3.55. The van der Waals surface area contributed by atoms with E-state index in [2.05, 4.69) is 27.4 Å². The van der Waals surface area contributed by atoms with E-state index in [4.69, 9.17) is 5.73 Å². The van der Waals surface area contributed by atoms with Crippen LogP contribution >= 0.6 is 0 Å². The number of piperazine rings is 1. The minimum absolute atomic E-state index is 0.423. The SMILES string of the molecule is CN1CCN(Nc2ncccc2C(N)=O)CC1. The molecule has 1 amide bonds. The number of nitrogens with zero attached hydrogens (tertiary/aromatic N) is 3. The Morgan fingerprint density at radius 3 is 2.76 bits per heavy atom. The highest BCUT2D eigenvalue weighted by atomic mass is 16.1. The average molecular weight is 235 g/mol. The normalized spacial score (nSPS) is 17.9. The lowest BCUT2D eigenvalue weighted by Gasteiger charge is -2.32. The lowest BCUT2D eigenvalue weighted by atomic mass is 10.2. The summed E-state index contributed by atoms with van der Waals surface area (Å²) in [6, 6.07) is 3.38. The molecule has 1 saturated heterocycles. The Morgan fingerprint density at radius 2 is 2.12 bits per heavy atom. The molecule has 1 aromatic heterocycles. The second kappa shape index (κ2) is 5.11. The molecule has 1 aliphatic rings. The number of rotatable bonds is 3. The summed E-state index contributed by atoms with van der Waals surface area (Å²) in [4.78, 5) is 17.6. The molecule has 0 aromatic carbocycles. The molecule has 6 nitrogen and oxygen atoms in total. The summed E-state index contributed by atoms with van der Waals surface area (Å²) >= 11 is 0. The van der Waals surface area contributed by atoms with Crippen LogP contribution in [0, 0.1) is 0 Å². The fourth-order valence-corrected chi connectivity index (χ4v) is 1.76. The van der Waals surface area contributed by atoms with Crippen LogP contribution < -0.4 is 11.2 Å². The first-order chi connectivity index (χ1) is 8.16. The Morgan fingerprint density at radius 1 is 1.41 bits per heavy atom. The zero-order chi connectivity index (χ0) is 12.3. The maximum Gasteiger partial charge on any atom is 0.252 e. The van der Waals surface area contributed by atoms with Gasteiger partial charge in [-0.25, -0.2) is 9.99 Å². The van der Waals surface area contributed by atoms with Crippen molar-refractivity contribution in [2.24, 2.45) is 5.73 Å². The van der Waals surface area contributed by atoms with Crippen LogP contribution in [0.3, 0.4) is 0 Å². The number of hydrogen-bond acceptors (Lipinski definition) is 5. The number of primary amides is 1. The van der Waals surface area contributed by atoms with Gasteiger partial charge >= 0.3 is 0 Å². The molecule has 3 N–H and O–H groups in total. The van der Waals surface area contributed by atoms with Gasteiger partial charge in [-0.1, -0.05) is 0 Å². The van der Waals surface area contributed by atoms with E-state index < -0.39 is 5.91 Å². The van der Waals surface area contributed by atoms with Gasteiger partial charge in [-0.2, -0.15) is 0 Å². The van der Waals surface area contributed by atoms with Crippen molar-refractivity contribution in [3.8, 4) is 0 Å². The van der Waals surface area contributed by atoms with E-state index in [9.17, 15) is 4.79 Å². The predicted octanol–water partition coefficient (Wildman–Crippen LogP) is -0.245. The van der Waals surface area contributed by atoms with Gasteiger partial charge in [0.15, 0.2) is 5.82 Å². The summed E-state index contributed by atoms with van der Waals surface area (Å²) in [5, 5.41) is 2.05. The van der Waals surface area contributed by atoms with E-state index in [1.807, 2.05) is 0 Å². The zero-order valence-corrected chi connectivity index (χ0v) is 9.89. The minimum Gasteiger partial charge on any atom is -0.365 e. The molecule has 6 heteroatoms. The summed E-state index contributed by atoms with van der Waals surface area (Å²) in [5.41, 5.74) is 8.86. The third kappa shape index (κ3) is 2.92. The van der Waals surface area contributed by atoms with Crippen molar-refractivity contribution in [1.82, 2.24) is 14.9 Å². The Labute approximate surface area is 100 Å². The van der Waals surface area contributed by atoms with Crippen LogP contribution in [0.1, 0.15) is 10.4 Å². The number of aromatic nitrogens is 1. The smallest absolute Gasteiger partial charge is 0.252 e. The number of nitrogens with two attached hydrogens (primary N) is 1. The molecule has 2 rings (SSSR count). The van der Waals surface area contributed by atoms with E-state index >= 15 is 0 Å². The van der Waals surface area contributed by atoms with Crippen LogP contribution in [0.4, 0.5) is 5.82 Å². The molecule has 0 bridgehead atoms. The van der Waals surface area contributed by atoms with Crippen LogP contribution in [0.25, 0.3) is 0 Å². The zero-order valence-electron chi connectivity index (χ0n) is 9.89. The monoisotopic (exact) mass is 235 g/mol. The van der Waals surface area contributed by atoms with Gasteiger partial charge < -0.3 is 16.1 Å². The number of carbonyl (C=O) groups excluding carboxylic acids is 1. The van der Waals surface area contributed by atoms with Crippen molar-refractivity contribution in [3.63, 3.8) is 0 Å². The molecule has 1 fully saturated rings. The standard InChI is InChI=1S/C11H17N5O/c1-15-5-7-16(8-6-15)14-11-9(10(12)17)3-2-4-13-11/h2-4H,5-8H2,1H3,(H2,12,17)(H,13,14). The molecule has 0 atom stereocenters. The van der Waals surface area contributed by atoms with Crippen molar-refractivity contribution in [2.45, 2.75) is 0 Å². The third-order valence-electron chi connectivity index (χ3n) is 2.84. The van der Waals surface area contributed by atoms with E-state index in [1.165, 1.54) is 0 Å². The Balaban J connectivity index is 2.05. The molecule has 17 heavy (non-hydrogen) atoms. The first kappa shape index (κ1) is 11.8. The summed E-state index contributed by atoms with van der Waals surface area (Å²) in [7, 11) is 2.09. The number of hydrazine groups is 1. The van der Waals surface area contributed by atoms with Crippen molar-refractivity contribution in [3.05, 3.63) is 23.9 Å². The topological polar surface area (TPSA) is 74.5 Å². The molecule has 0 aliphatic carbocycles. The molecule has 2 heterocycles. The average Bonchev–Trinajstić information content (AvgIpc) is 2.32. The second-order valence-electron chi connectivity index (χ2n) is 4.17. The molecule has 0 unspecified atom stereocenters. The van der Waals surface area contributed by atoms with Crippen LogP contribution in [0.5, 0.6) is 0 Å². The van der Waals surface area contributed by atoms with Crippen LogP contribution in [0.15, 0.2) is 18.3 Å². The molecule has 0 spiro atoms. The number of pyridine rings is 1. The number of nitrogens with one attached hydrogen (secondary N) is 1. The minimum atomic E-state index is -0.463. The Hall–Kier alpha value is -1.66. The van der Waals surface area contributed by atoms with Gasteiger partial charge in [0.2, 0.25) is 0 Å². The number of carbonyl (C=O) groups is 1. The van der Waals surface area contributed by atoms with Crippen LogP contribution in [0.2, 0.25) is 0 Å². The van der Waals surface area contributed by atoms with Crippen molar-refractivity contribution >= 4 is 11.7 Å². The van der Waals surface area contributed by atoms with E-state index in [-0.39, 0.29) is 0 Å². The largest absolute Gasteiger partial charge is 0.365 e. The van der Waals surface area contributed by atoms with Gasteiger partial charge in [-0.15, -0.1) is 0 Å². The summed E-state index contributed by atoms with van der Waals surface area (Å²) in [6.45, 7) is 3.77. The predicted molar refractivity (Wildman–Crippen MR) is 65.4 cm³/mol. The lowest BCUT2D eigenvalue weighted by molar-refractivity contribution is 0.1000. The number of anilines is 1. The molecular formula is C11H17N5O. The van der Waals surface area contributed by atoms with Gasteiger partial charge in [0.1, 0.15) is 0 Å². The highest BCUT2D eigenvalue weighted by Crippen LogP contribution is 2.12.